The maximum atomic E-state index is 4.07. The second-order valence-corrected chi connectivity index (χ2v) is 5.33. The Kier molecular flexibility index (Phi) is 9.41. The van der Waals surface area contributed by atoms with Gasteiger partial charge in [0.05, 0.1) is 0 Å². The normalized spacial score (nSPS) is 22.4. The van der Waals surface area contributed by atoms with Crippen molar-refractivity contribution >= 4 is 53.5 Å². The maximum absolute atomic E-state index is 4.07. The summed E-state index contributed by atoms with van der Waals surface area (Å²) < 4.78 is 0. The van der Waals surface area contributed by atoms with E-state index in [1.807, 2.05) is 18.8 Å². The number of nitrogens with zero attached hydrogens (tertiary/aromatic N) is 1. The zero-order valence-corrected chi connectivity index (χ0v) is 12.5. The molecule has 84 valence electrons. The van der Waals surface area contributed by atoms with Crippen molar-refractivity contribution < 1.29 is 0 Å². The summed E-state index contributed by atoms with van der Waals surface area (Å²) >= 11 is 4.11. The number of aliphatic imine (C=N–C) groups is 1. The summed E-state index contributed by atoms with van der Waals surface area (Å²) in [6.07, 6.45) is 0. The molecule has 1 atom stereocenters. The SMILES string of the molecule is CN=C(NC)NCC1CSCCS1.I. The first kappa shape index (κ1) is 14.7. The Bertz CT molecular complexity index is 172. The fourth-order valence-corrected chi connectivity index (χ4v) is 3.76. The smallest absolute Gasteiger partial charge is 0.190 e. The van der Waals surface area contributed by atoms with Gasteiger partial charge in [0, 0.05) is 43.1 Å². The molecule has 0 aromatic carbocycles. The molecule has 0 saturated carbocycles. The predicted molar refractivity (Wildman–Crippen MR) is 79.4 cm³/mol. The number of hydrogen-bond donors (Lipinski definition) is 2. The number of guanidine groups is 1. The van der Waals surface area contributed by atoms with Crippen LogP contribution in [0, 0.1) is 0 Å². The number of thioether (sulfide) groups is 2. The van der Waals surface area contributed by atoms with E-state index in [0.29, 0.717) is 0 Å². The van der Waals surface area contributed by atoms with Gasteiger partial charge in [0.2, 0.25) is 0 Å². The minimum Gasteiger partial charge on any atom is -0.359 e. The summed E-state index contributed by atoms with van der Waals surface area (Å²) in [5, 5.41) is 7.05. The molecule has 1 fully saturated rings. The Hall–Kier alpha value is 0.700. The van der Waals surface area contributed by atoms with Gasteiger partial charge in [-0.1, -0.05) is 0 Å². The van der Waals surface area contributed by atoms with E-state index in [0.717, 1.165) is 17.8 Å². The van der Waals surface area contributed by atoms with Gasteiger partial charge in [-0.2, -0.15) is 23.5 Å². The van der Waals surface area contributed by atoms with E-state index in [1.54, 1.807) is 7.05 Å². The van der Waals surface area contributed by atoms with Crippen LogP contribution in [0.2, 0.25) is 0 Å². The zero-order valence-electron chi connectivity index (χ0n) is 8.58. The summed E-state index contributed by atoms with van der Waals surface area (Å²) in [5.74, 6) is 4.74. The van der Waals surface area contributed by atoms with Gasteiger partial charge in [0.25, 0.3) is 0 Å². The molecule has 3 nitrogen and oxygen atoms in total. The molecule has 1 unspecified atom stereocenters. The number of nitrogens with one attached hydrogen (secondary N) is 2. The van der Waals surface area contributed by atoms with Gasteiger partial charge in [-0.25, -0.2) is 0 Å². The fraction of sp³-hybridized carbons (Fsp3) is 0.875. The minimum atomic E-state index is 0. The van der Waals surface area contributed by atoms with Crippen LogP contribution in [0.3, 0.4) is 0 Å². The first-order chi connectivity index (χ1) is 6.36. The van der Waals surface area contributed by atoms with E-state index in [4.69, 9.17) is 0 Å². The summed E-state index contributed by atoms with van der Waals surface area (Å²) in [6, 6.07) is 0. The molecular formula is C8H18IN3S2. The van der Waals surface area contributed by atoms with Crippen molar-refractivity contribution in [3.8, 4) is 0 Å². The van der Waals surface area contributed by atoms with Crippen molar-refractivity contribution in [2.75, 3.05) is 37.9 Å². The average Bonchev–Trinajstić information content (AvgIpc) is 2.21. The molecule has 6 heteroatoms. The van der Waals surface area contributed by atoms with E-state index < -0.39 is 0 Å². The number of rotatable bonds is 2. The van der Waals surface area contributed by atoms with Gasteiger partial charge < -0.3 is 10.6 Å². The van der Waals surface area contributed by atoms with Crippen LogP contribution >= 0.6 is 47.5 Å². The highest BCUT2D eigenvalue weighted by atomic mass is 127. The highest BCUT2D eigenvalue weighted by Gasteiger charge is 2.13. The van der Waals surface area contributed by atoms with E-state index in [-0.39, 0.29) is 24.0 Å². The minimum absolute atomic E-state index is 0. The van der Waals surface area contributed by atoms with Crippen LogP contribution in [0.25, 0.3) is 0 Å². The third-order valence-electron chi connectivity index (χ3n) is 1.84. The molecular weight excluding hydrogens is 329 g/mol. The molecule has 0 aliphatic carbocycles. The van der Waals surface area contributed by atoms with Crippen molar-refractivity contribution in [2.45, 2.75) is 5.25 Å². The van der Waals surface area contributed by atoms with Crippen LogP contribution in [0.1, 0.15) is 0 Å². The molecule has 14 heavy (non-hydrogen) atoms. The third-order valence-corrected chi connectivity index (χ3v) is 4.69. The van der Waals surface area contributed by atoms with Crippen LogP contribution in [-0.4, -0.2) is 49.1 Å². The Morgan fingerprint density at radius 2 is 2.29 bits per heavy atom. The summed E-state index contributed by atoms with van der Waals surface area (Å²) in [5.41, 5.74) is 0. The highest BCUT2D eigenvalue weighted by molar-refractivity contribution is 14.0. The van der Waals surface area contributed by atoms with Crippen molar-refractivity contribution in [3.63, 3.8) is 0 Å². The van der Waals surface area contributed by atoms with E-state index in [9.17, 15) is 0 Å². The molecule has 1 aliphatic rings. The quantitative estimate of drug-likeness (QED) is 0.448. The first-order valence-corrected chi connectivity index (χ1v) is 6.65. The molecule has 1 rings (SSSR count). The molecule has 1 saturated heterocycles. The monoisotopic (exact) mass is 347 g/mol. The van der Waals surface area contributed by atoms with Gasteiger partial charge >= 0.3 is 0 Å². The van der Waals surface area contributed by atoms with Crippen LogP contribution in [0.15, 0.2) is 4.99 Å². The average molecular weight is 347 g/mol. The second-order valence-electron chi connectivity index (χ2n) is 2.77. The van der Waals surface area contributed by atoms with E-state index in [1.165, 1.54) is 17.3 Å². The van der Waals surface area contributed by atoms with E-state index in [2.05, 4.69) is 27.4 Å². The number of halogens is 1. The summed E-state index contributed by atoms with van der Waals surface area (Å²) in [7, 11) is 3.68. The first-order valence-electron chi connectivity index (χ1n) is 4.44. The van der Waals surface area contributed by atoms with Crippen LogP contribution in [-0.2, 0) is 0 Å². The van der Waals surface area contributed by atoms with Crippen molar-refractivity contribution in [1.29, 1.82) is 0 Å². The molecule has 0 bridgehead atoms. The van der Waals surface area contributed by atoms with Gasteiger partial charge in [-0.05, 0) is 0 Å². The topological polar surface area (TPSA) is 36.4 Å². The van der Waals surface area contributed by atoms with Gasteiger partial charge in [-0.15, -0.1) is 24.0 Å². The summed E-state index contributed by atoms with van der Waals surface area (Å²) in [4.78, 5) is 4.07. The Morgan fingerprint density at radius 1 is 1.50 bits per heavy atom. The standard InChI is InChI=1S/C8H17N3S2.HI/c1-9-8(10-2)11-5-7-6-12-3-4-13-7;/h7H,3-6H2,1-2H3,(H2,9,10,11);1H. The number of hydrogen-bond acceptors (Lipinski definition) is 3. The van der Waals surface area contributed by atoms with Crippen molar-refractivity contribution in [2.24, 2.45) is 4.99 Å². The molecule has 0 spiro atoms. The Balaban J connectivity index is 0.00000169. The van der Waals surface area contributed by atoms with Gasteiger partial charge in [0.1, 0.15) is 0 Å². The third kappa shape index (κ3) is 5.55. The molecule has 2 N–H and O–H groups in total. The molecule has 0 amide bonds. The van der Waals surface area contributed by atoms with Crippen LogP contribution < -0.4 is 10.6 Å². The summed E-state index contributed by atoms with van der Waals surface area (Å²) in [6.45, 7) is 1.02. The molecule has 0 aromatic heterocycles. The maximum Gasteiger partial charge on any atom is 0.190 e. The lowest BCUT2D eigenvalue weighted by Crippen LogP contribution is -2.39. The van der Waals surface area contributed by atoms with Crippen LogP contribution in [0.4, 0.5) is 0 Å². The Morgan fingerprint density at radius 3 is 2.79 bits per heavy atom. The fourth-order valence-electron chi connectivity index (χ4n) is 1.14. The molecule has 1 heterocycles. The zero-order chi connectivity index (χ0) is 9.52. The second kappa shape index (κ2) is 8.96. The van der Waals surface area contributed by atoms with Crippen LogP contribution in [0.5, 0.6) is 0 Å². The Labute approximate surface area is 112 Å². The molecule has 0 aromatic rings. The van der Waals surface area contributed by atoms with Gasteiger partial charge in [0.15, 0.2) is 5.96 Å². The molecule has 1 aliphatic heterocycles. The van der Waals surface area contributed by atoms with Gasteiger partial charge in [-0.3, -0.25) is 4.99 Å². The molecule has 0 radical (unpaired) electrons. The lowest BCUT2D eigenvalue weighted by Gasteiger charge is -2.21. The van der Waals surface area contributed by atoms with E-state index >= 15 is 0 Å². The predicted octanol–water partition coefficient (Wildman–Crippen LogP) is 1.25. The van der Waals surface area contributed by atoms with Crippen molar-refractivity contribution in [3.05, 3.63) is 0 Å². The van der Waals surface area contributed by atoms with Crippen molar-refractivity contribution in [1.82, 2.24) is 10.6 Å². The lowest BCUT2D eigenvalue weighted by atomic mass is 10.5. The lowest BCUT2D eigenvalue weighted by molar-refractivity contribution is 0.830. The largest absolute Gasteiger partial charge is 0.359 e. The highest BCUT2D eigenvalue weighted by Crippen LogP contribution is 2.23.